The van der Waals surface area contributed by atoms with E-state index in [4.69, 9.17) is 34.8 Å². The topological polar surface area (TPSA) is 54.9 Å². The van der Waals surface area contributed by atoms with Crippen LogP contribution in [-0.4, -0.2) is 22.6 Å². The van der Waals surface area contributed by atoms with Crippen LogP contribution in [0, 0.1) is 0 Å². The van der Waals surface area contributed by atoms with Crippen LogP contribution in [-0.2, 0) is 6.42 Å². The molecule has 27 heavy (non-hydrogen) atoms. The quantitative estimate of drug-likeness (QED) is 0.547. The maximum Gasteiger partial charge on any atom is 0.254 e. The van der Waals surface area contributed by atoms with Gasteiger partial charge < -0.3 is 5.32 Å². The van der Waals surface area contributed by atoms with Crippen LogP contribution in [0.25, 0.3) is 0 Å². The lowest BCUT2D eigenvalue weighted by atomic mass is 10.1. The van der Waals surface area contributed by atoms with E-state index in [0.717, 1.165) is 10.5 Å². The van der Waals surface area contributed by atoms with Gasteiger partial charge in [0.2, 0.25) is 0 Å². The Hall–Kier alpha value is -1.79. The minimum atomic E-state index is -0.268. The van der Waals surface area contributed by atoms with Gasteiger partial charge in [-0.1, -0.05) is 64.8 Å². The van der Waals surface area contributed by atoms with Crippen LogP contribution >= 0.6 is 46.6 Å². The third-order valence-electron chi connectivity index (χ3n) is 3.64. The van der Waals surface area contributed by atoms with E-state index in [9.17, 15) is 4.79 Å². The van der Waals surface area contributed by atoms with Crippen molar-refractivity contribution in [2.24, 2.45) is 0 Å². The highest BCUT2D eigenvalue weighted by Gasteiger charge is 2.16. The molecule has 1 heterocycles. The van der Waals surface area contributed by atoms with Crippen molar-refractivity contribution in [1.82, 2.24) is 15.5 Å². The molecular formula is C19H14Cl3N3OS. The van der Waals surface area contributed by atoms with Gasteiger partial charge in [-0.15, -0.1) is 10.2 Å². The molecule has 1 N–H and O–H groups in total. The first kappa shape index (κ1) is 20.0. The van der Waals surface area contributed by atoms with Crippen molar-refractivity contribution in [3.05, 3.63) is 80.9 Å². The zero-order valence-electron chi connectivity index (χ0n) is 14.0. The van der Waals surface area contributed by atoms with Crippen LogP contribution in [0.4, 0.5) is 0 Å². The zero-order valence-corrected chi connectivity index (χ0v) is 17.0. The predicted molar refractivity (Wildman–Crippen MR) is 110 cm³/mol. The molecule has 0 radical (unpaired) electrons. The van der Waals surface area contributed by atoms with Gasteiger partial charge in [0.1, 0.15) is 5.03 Å². The lowest BCUT2D eigenvalue weighted by molar-refractivity contribution is 0.0950. The van der Waals surface area contributed by atoms with Gasteiger partial charge in [-0.05, 0) is 48.4 Å². The highest BCUT2D eigenvalue weighted by molar-refractivity contribution is 7.99. The fourth-order valence-corrected chi connectivity index (χ4v) is 3.66. The summed E-state index contributed by atoms with van der Waals surface area (Å²) < 4.78 is 0. The molecule has 0 aliphatic rings. The number of nitrogens with zero attached hydrogens (tertiary/aromatic N) is 2. The molecular weight excluding hydrogens is 425 g/mol. The molecule has 1 amide bonds. The van der Waals surface area contributed by atoms with E-state index < -0.39 is 0 Å². The second-order valence-corrected chi connectivity index (χ2v) is 7.83. The Bertz CT molecular complexity index is 951. The molecule has 0 bridgehead atoms. The van der Waals surface area contributed by atoms with Crippen LogP contribution < -0.4 is 5.32 Å². The number of rotatable bonds is 6. The normalized spacial score (nSPS) is 10.6. The average Bonchev–Trinajstić information content (AvgIpc) is 2.66. The first-order valence-electron chi connectivity index (χ1n) is 8.01. The second-order valence-electron chi connectivity index (χ2n) is 5.54. The van der Waals surface area contributed by atoms with E-state index in [1.54, 1.807) is 12.1 Å². The molecule has 2 aromatic carbocycles. The number of aromatic nitrogens is 2. The van der Waals surface area contributed by atoms with Crippen LogP contribution in [0.15, 0.2) is 64.5 Å². The summed E-state index contributed by atoms with van der Waals surface area (Å²) in [5.74, 6) is -0.268. The van der Waals surface area contributed by atoms with E-state index in [1.807, 2.05) is 36.4 Å². The number of carbonyl (C=O) groups is 1. The summed E-state index contributed by atoms with van der Waals surface area (Å²) in [4.78, 5) is 13.5. The van der Waals surface area contributed by atoms with Crippen molar-refractivity contribution in [2.75, 3.05) is 6.54 Å². The van der Waals surface area contributed by atoms with Crippen molar-refractivity contribution in [3.63, 3.8) is 0 Å². The first-order valence-corrected chi connectivity index (χ1v) is 9.96. The number of hydrogen-bond acceptors (Lipinski definition) is 4. The predicted octanol–water partition coefficient (Wildman–Crippen LogP) is 5.56. The van der Waals surface area contributed by atoms with Crippen molar-refractivity contribution < 1.29 is 4.79 Å². The van der Waals surface area contributed by atoms with Gasteiger partial charge in [-0.3, -0.25) is 4.79 Å². The maximum atomic E-state index is 12.6. The molecule has 0 unspecified atom stereocenters. The molecule has 0 saturated carbocycles. The number of amides is 1. The average molecular weight is 439 g/mol. The molecule has 0 aliphatic heterocycles. The van der Waals surface area contributed by atoms with Crippen molar-refractivity contribution in [3.8, 4) is 0 Å². The summed E-state index contributed by atoms with van der Waals surface area (Å²) in [6.07, 6.45) is 0.622. The second kappa shape index (κ2) is 9.42. The van der Waals surface area contributed by atoms with Gasteiger partial charge in [-0.25, -0.2) is 0 Å². The fraction of sp³-hybridized carbons (Fsp3) is 0.105. The van der Waals surface area contributed by atoms with E-state index in [-0.39, 0.29) is 11.1 Å². The van der Waals surface area contributed by atoms with Crippen LogP contribution in [0.3, 0.4) is 0 Å². The van der Waals surface area contributed by atoms with Gasteiger partial charge in [0.25, 0.3) is 5.91 Å². The Morgan fingerprint density at radius 1 is 1.00 bits per heavy atom. The molecule has 138 valence electrons. The van der Waals surface area contributed by atoms with Crippen molar-refractivity contribution >= 4 is 52.5 Å². The van der Waals surface area contributed by atoms with E-state index in [0.29, 0.717) is 33.6 Å². The van der Waals surface area contributed by atoms with E-state index >= 15 is 0 Å². The molecule has 0 atom stereocenters. The molecule has 8 heteroatoms. The largest absolute Gasteiger partial charge is 0.352 e. The van der Waals surface area contributed by atoms with Crippen molar-refractivity contribution in [2.45, 2.75) is 16.3 Å². The van der Waals surface area contributed by atoms with Crippen LogP contribution in [0.2, 0.25) is 15.2 Å². The molecule has 3 aromatic rings. The Morgan fingerprint density at radius 3 is 2.48 bits per heavy atom. The zero-order chi connectivity index (χ0) is 19.2. The van der Waals surface area contributed by atoms with Gasteiger partial charge in [0.15, 0.2) is 5.15 Å². The van der Waals surface area contributed by atoms with Gasteiger partial charge in [-0.2, -0.15) is 0 Å². The van der Waals surface area contributed by atoms with Crippen LogP contribution in [0.1, 0.15) is 15.9 Å². The molecule has 0 aliphatic carbocycles. The summed E-state index contributed by atoms with van der Waals surface area (Å²) in [5, 5.41) is 12.7. The Balaban J connectivity index is 1.70. The maximum absolute atomic E-state index is 12.6. The van der Waals surface area contributed by atoms with Crippen LogP contribution in [0.5, 0.6) is 0 Å². The van der Waals surface area contributed by atoms with Gasteiger partial charge in [0.05, 0.1) is 5.56 Å². The minimum Gasteiger partial charge on any atom is -0.352 e. The van der Waals surface area contributed by atoms with Gasteiger partial charge in [0, 0.05) is 21.5 Å². The minimum absolute atomic E-state index is 0.159. The third kappa shape index (κ3) is 5.59. The molecule has 4 nitrogen and oxygen atoms in total. The monoisotopic (exact) mass is 437 g/mol. The first-order chi connectivity index (χ1) is 13.0. The van der Waals surface area contributed by atoms with Gasteiger partial charge >= 0.3 is 0 Å². The lowest BCUT2D eigenvalue weighted by Gasteiger charge is -2.10. The number of halogens is 3. The summed E-state index contributed by atoms with van der Waals surface area (Å²) in [5.41, 5.74) is 1.34. The Kier molecular flexibility index (Phi) is 6.96. The highest BCUT2D eigenvalue weighted by Crippen LogP contribution is 2.30. The van der Waals surface area contributed by atoms with Crippen molar-refractivity contribution in [1.29, 1.82) is 0 Å². The highest BCUT2D eigenvalue weighted by atomic mass is 35.5. The Morgan fingerprint density at radius 2 is 1.74 bits per heavy atom. The fourth-order valence-electron chi connectivity index (χ4n) is 2.32. The third-order valence-corrected chi connectivity index (χ3v) is 5.45. The smallest absolute Gasteiger partial charge is 0.254 e. The lowest BCUT2D eigenvalue weighted by Crippen LogP contribution is -2.26. The summed E-state index contributed by atoms with van der Waals surface area (Å²) in [7, 11) is 0. The van der Waals surface area contributed by atoms with E-state index in [1.165, 1.54) is 17.8 Å². The standard InChI is InChI=1S/C19H14Cl3N3OS/c20-13-5-7-14(8-6-13)27-19-15(11-17(22)24-25-19)18(26)23-10-9-12-3-1-2-4-16(12)21/h1-8,11H,9-10H2,(H,23,26). The number of nitrogens with one attached hydrogen (secondary N) is 1. The Labute approximate surface area is 176 Å². The summed E-state index contributed by atoms with van der Waals surface area (Å²) in [6.45, 7) is 0.438. The number of carbonyl (C=O) groups excluding carboxylic acids is 1. The van der Waals surface area contributed by atoms with E-state index in [2.05, 4.69) is 15.5 Å². The summed E-state index contributed by atoms with van der Waals surface area (Å²) in [6, 6.07) is 16.3. The molecule has 3 rings (SSSR count). The molecule has 1 aromatic heterocycles. The summed E-state index contributed by atoms with van der Waals surface area (Å²) >= 11 is 19.3. The number of benzene rings is 2. The molecule has 0 spiro atoms. The molecule has 0 fully saturated rings. The molecule has 0 saturated heterocycles. The number of hydrogen-bond donors (Lipinski definition) is 1. The SMILES string of the molecule is O=C(NCCc1ccccc1Cl)c1cc(Cl)nnc1Sc1ccc(Cl)cc1.